The number of hydrogen-bond acceptors (Lipinski definition) is 5. The minimum absolute atomic E-state index is 0.262. The Morgan fingerprint density at radius 1 is 1.11 bits per heavy atom. The van der Waals surface area contributed by atoms with Gasteiger partial charge in [0.2, 0.25) is 5.75 Å². The molecule has 5 heteroatoms. The van der Waals surface area contributed by atoms with Crippen LogP contribution in [0, 0.1) is 0 Å². The molecule has 0 aliphatic heterocycles. The second-order valence-corrected chi connectivity index (χ2v) is 4.71. The first-order valence-corrected chi connectivity index (χ1v) is 6.68. The summed E-state index contributed by atoms with van der Waals surface area (Å²) in [4.78, 5) is 2.31. The lowest BCUT2D eigenvalue weighted by molar-refractivity contribution is 0.270. The standard InChI is InChI=1S/C14H24N2O3/c1-4-16(5-2)9-10(3)15-8-11-6-7-12(17)14(19)13(11)18/h6-7,10,15,17-19H,4-5,8-9H2,1-3H3. The molecule has 1 unspecified atom stereocenters. The SMILES string of the molecule is CCN(CC)CC(C)NCc1ccc(O)c(O)c1O. The Morgan fingerprint density at radius 2 is 1.74 bits per heavy atom. The van der Waals surface area contributed by atoms with E-state index in [4.69, 9.17) is 0 Å². The van der Waals surface area contributed by atoms with Crippen LogP contribution in [0.4, 0.5) is 0 Å². The third-order valence-electron chi connectivity index (χ3n) is 3.28. The molecular weight excluding hydrogens is 244 g/mol. The highest BCUT2D eigenvalue weighted by molar-refractivity contribution is 5.52. The fourth-order valence-electron chi connectivity index (χ4n) is 1.97. The van der Waals surface area contributed by atoms with Gasteiger partial charge in [0.15, 0.2) is 11.5 Å². The van der Waals surface area contributed by atoms with Crippen LogP contribution in [0.5, 0.6) is 17.2 Å². The second kappa shape index (κ2) is 7.21. The van der Waals surface area contributed by atoms with Crippen molar-refractivity contribution >= 4 is 0 Å². The Labute approximate surface area is 114 Å². The number of nitrogens with zero attached hydrogens (tertiary/aromatic N) is 1. The van der Waals surface area contributed by atoms with Crippen molar-refractivity contribution in [1.29, 1.82) is 0 Å². The van der Waals surface area contributed by atoms with Crippen LogP contribution in [0.25, 0.3) is 0 Å². The summed E-state index contributed by atoms with van der Waals surface area (Å²) in [5.41, 5.74) is 0.571. The van der Waals surface area contributed by atoms with Gasteiger partial charge < -0.3 is 25.5 Å². The highest BCUT2D eigenvalue weighted by Gasteiger charge is 2.12. The van der Waals surface area contributed by atoms with Gasteiger partial charge in [-0.1, -0.05) is 19.9 Å². The Balaban J connectivity index is 2.55. The van der Waals surface area contributed by atoms with Gasteiger partial charge >= 0.3 is 0 Å². The normalized spacial score (nSPS) is 12.8. The van der Waals surface area contributed by atoms with Gasteiger partial charge in [-0.2, -0.15) is 0 Å². The van der Waals surface area contributed by atoms with Crippen molar-refractivity contribution in [1.82, 2.24) is 10.2 Å². The van der Waals surface area contributed by atoms with Crippen LogP contribution in [-0.2, 0) is 6.54 Å². The monoisotopic (exact) mass is 268 g/mol. The van der Waals surface area contributed by atoms with Crippen LogP contribution in [0.2, 0.25) is 0 Å². The molecule has 1 aromatic rings. The van der Waals surface area contributed by atoms with Gasteiger partial charge in [0.25, 0.3) is 0 Å². The highest BCUT2D eigenvalue weighted by atomic mass is 16.3. The number of aromatic hydroxyl groups is 3. The number of nitrogens with one attached hydrogen (secondary N) is 1. The van der Waals surface area contributed by atoms with E-state index in [0.29, 0.717) is 12.1 Å². The predicted molar refractivity (Wildman–Crippen MR) is 75.5 cm³/mol. The van der Waals surface area contributed by atoms with E-state index in [9.17, 15) is 15.3 Å². The maximum atomic E-state index is 9.71. The number of phenols is 3. The summed E-state index contributed by atoms with van der Waals surface area (Å²) < 4.78 is 0. The molecule has 0 aliphatic rings. The first kappa shape index (κ1) is 15.6. The van der Waals surface area contributed by atoms with E-state index in [2.05, 4.69) is 31.0 Å². The summed E-state index contributed by atoms with van der Waals surface area (Å²) in [6, 6.07) is 3.25. The molecule has 0 bridgehead atoms. The summed E-state index contributed by atoms with van der Waals surface area (Å²) in [7, 11) is 0. The molecule has 0 fully saturated rings. The van der Waals surface area contributed by atoms with E-state index in [0.717, 1.165) is 19.6 Å². The fraction of sp³-hybridized carbons (Fsp3) is 0.571. The van der Waals surface area contributed by atoms with Crippen LogP contribution >= 0.6 is 0 Å². The number of hydrogen-bond donors (Lipinski definition) is 4. The predicted octanol–water partition coefficient (Wildman–Crippen LogP) is 1.62. The summed E-state index contributed by atoms with van der Waals surface area (Å²) in [5.74, 6) is -1.03. The molecule has 108 valence electrons. The molecule has 0 heterocycles. The third-order valence-corrected chi connectivity index (χ3v) is 3.28. The molecule has 0 saturated carbocycles. The van der Waals surface area contributed by atoms with E-state index in [-0.39, 0.29) is 17.5 Å². The summed E-state index contributed by atoms with van der Waals surface area (Å²) in [6.45, 7) is 9.72. The number of phenolic OH excluding ortho intramolecular Hbond substituents is 3. The average molecular weight is 268 g/mol. The number of benzene rings is 1. The van der Waals surface area contributed by atoms with E-state index in [1.807, 2.05) is 0 Å². The molecule has 5 nitrogen and oxygen atoms in total. The summed E-state index contributed by atoms with van der Waals surface area (Å²) in [5, 5.41) is 31.7. The molecule has 0 amide bonds. The molecule has 1 rings (SSSR count). The number of rotatable bonds is 7. The molecule has 0 radical (unpaired) electrons. The van der Waals surface area contributed by atoms with Crippen molar-refractivity contribution in [3.05, 3.63) is 17.7 Å². The first-order chi connectivity index (χ1) is 8.99. The molecular formula is C14H24N2O3. The topological polar surface area (TPSA) is 76.0 Å². The van der Waals surface area contributed by atoms with Crippen molar-refractivity contribution < 1.29 is 15.3 Å². The zero-order valence-electron chi connectivity index (χ0n) is 11.8. The summed E-state index contributed by atoms with van der Waals surface area (Å²) >= 11 is 0. The smallest absolute Gasteiger partial charge is 0.200 e. The first-order valence-electron chi connectivity index (χ1n) is 6.68. The van der Waals surface area contributed by atoms with Gasteiger partial charge in [-0.05, 0) is 26.1 Å². The van der Waals surface area contributed by atoms with Crippen LogP contribution in [0.15, 0.2) is 12.1 Å². The van der Waals surface area contributed by atoms with E-state index in [1.54, 1.807) is 6.07 Å². The van der Waals surface area contributed by atoms with Gasteiger partial charge in [0.1, 0.15) is 0 Å². The Kier molecular flexibility index (Phi) is 5.92. The van der Waals surface area contributed by atoms with Crippen LogP contribution in [0.1, 0.15) is 26.3 Å². The lowest BCUT2D eigenvalue weighted by atomic mass is 10.1. The minimum Gasteiger partial charge on any atom is -0.504 e. The highest BCUT2D eigenvalue weighted by Crippen LogP contribution is 2.36. The Morgan fingerprint density at radius 3 is 2.32 bits per heavy atom. The molecule has 1 aromatic carbocycles. The zero-order valence-corrected chi connectivity index (χ0v) is 11.8. The molecule has 1 atom stereocenters. The second-order valence-electron chi connectivity index (χ2n) is 4.71. The van der Waals surface area contributed by atoms with Crippen molar-refractivity contribution in [2.75, 3.05) is 19.6 Å². The van der Waals surface area contributed by atoms with Gasteiger partial charge in [-0.25, -0.2) is 0 Å². The number of likely N-dealkylation sites (N-methyl/N-ethyl adjacent to an activating group) is 1. The fourth-order valence-corrected chi connectivity index (χ4v) is 1.97. The van der Waals surface area contributed by atoms with Crippen LogP contribution in [0.3, 0.4) is 0 Å². The molecule has 0 aliphatic carbocycles. The van der Waals surface area contributed by atoms with Crippen molar-refractivity contribution in [2.24, 2.45) is 0 Å². The Hall–Kier alpha value is -1.46. The lowest BCUT2D eigenvalue weighted by Crippen LogP contribution is -2.38. The zero-order chi connectivity index (χ0) is 14.4. The van der Waals surface area contributed by atoms with E-state index in [1.165, 1.54) is 6.07 Å². The average Bonchev–Trinajstić information content (AvgIpc) is 2.41. The molecule has 4 N–H and O–H groups in total. The van der Waals surface area contributed by atoms with E-state index >= 15 is 0 Å². The van der Waals surface area contributed by atoms with Crippen molar-refractivity contribution in [2.45, 2.75) is 33.4 Å². The minimum atomic E-state index is -0.462. The third kappa shape index (κ3) is 4.29. The maximum Gasteiger partial charge on any atom is 0.200 e. The van der Waals surface area contributed by atoms with Gasteiger partial charge in [-0.3, -0.25) is 0 Å². The van der Waals surface area contributed by atoms with Gasteiger partial charge in [-0.15, -0.1) is 0 Å². The largest absolute Gasteiger partial charge is 0.504 e. The Bertz CT molecular complexity index is 406. The molecule has 0 spiro atoms. The molecule has 0 aromatic heterocycles. The van der Waals surface area contributed by atoms with Crippen LogP contribution < -0.4 is 5.32 Å². The van der Waals surface area contributed by atoms with Crippen molar-refractivity contribution in [3.8, 4) is 17.2 Å². The van der Waals surface area contributed by atoms with Gasteiger partial charge in [0, 0.05) is 24.7 Å². The van der Waals surface area contributed by atoms with Crippen LogP contribution in [-0.4, -0.2) is 45.9 Å². The quantitative estimate of drug-likeness (QED) is 0.565. The lowest BCUT2D eigenvalue weighted by Gasteiger charge is -2.23. The molecule has 19 heavy (non-hydrogen) atoms. The molecule has 0 saturated heterocycles. The van der Waals surface area contributed by atoms with Crippen molar-refractivity contribution in [3.63, 3.8) is 0 Å². The summed E-state index contributed by atoms with van der Waals surface area (Å²) in [6.07, 6.45) is 0. The van der Waals surface area contributed by atoms with Gasteiger partial charge in [0.05, 0.1) is 0 Å². The van der Waals surface area contributed by atoms with E-state index < -0.39 is 5.75 Å². The maximum absolute atomic E-state index is 9.71.